The summed E-state index contributed by atoms with van der Waals surface area (Å²) in [4.78, 5) is 51.2. The highest BCUT2D eigenvalue weighted by molar-refractivity contribution is 6.06. The van der Waals surface area contributed by atoms with Gasteiger partial charge in [-0.15, -0.1) is 0 Å². The third-order valence-electron chi connectivity index (χ3n) is 9.85. The molecule has 13 heteroatoms. The van der Waals surface area contributed by atoms with Crippen LogP contribution in [-0.4, -0.2) is 77.6 Å². The Bertz CT molecular complexity index is 1840. The van der Waals surface area contributed by atoms with Gasteiger partial charge in [0.2, 0.25) is 11.8 Å². The molecule has 4 aliphatic rings. The second kappa shape index (κ2) is 12.8. The van der Waals surface area contributed by atoms with Crippen LogP contribution < -0.4 is 10.6 Å². The second-order valence-electron chi connectivity index (χ2n) is 12.7. The third-order valence-corrected chi connectivity index (χ3v) is 9.85. The highest BCUT2D eigenvalue weighted by atomic mass is 19.2. The normalized spacial score (nSPS) is 26.7. The standard InChI is InChI=1S/C35H34F3N5O5/c1-19-23(29-25(36)5-6-26(37)30(29)38)14-27-33(45)43(19)7-11-48-10-3-9-47-8-2-4-20-12-24-31(40-17-20)42-34(46)35(24)15-21-13-22(32(44)41-27)18-39-28(21)16-35/h2,4-6,12-13,17-19,23,27H,3,7-11,14-16H2,1H3,(H,41,44)(H,40,42,46)/b4-2-/t19?,23?,27?,35-/m0/s1. The monoisotopic (exact) mass is 661 g/mol. The molecule has 1 saturated heterocycles. The molecule has 3 amide bonds. The van der Waals surface area contributed by atoms with E-state index >= 15 is 8.78 Å². The van der Waals surface area contributed by atoms with Gasteiger partial charge in [-0.3, -0.25) is 19.4 Å². The Morgan fingerprint density at radius 1 is 0.979 bits per heavy atom. The lowest BCUT2D eigenvalue weighted by Crippen LogP contribution is -2.58. The molecule has 1 aromatic carbocycles. The zero-order valence-corrected chi connectivity index (χ0v) is 26.2. The van der Waals surface area contributed by atoms with Crippen molar-refractivity contribution < 1.29 is 37.0 Å². The molecule has 7 bridgehead atoms. The first-order chi connectivity index (χ1) is 23.2. The van der Waals surface area contributed by atoms with Gasteiger partial charge in [0, 0.05) is 67.4 Å². The van der Waals surface area contributed by atoms with Crippen molar-refractivity contribution in [2.24, 2.45) is 0 Å². The van der Waals surface area contributed by atoms with Crippen LogP contribution in [-0.2, 0) is 37.3 Å². The number of carbonyl (C=O) groups excluding carboxylic acids is 3. The summed E-state index contributed by atoms with van der Waals surface area (Å²) in [5, 5.41) is 5.63. The lowest BCUT2D eigenvalue weighted by molar-refractivity contribution is -0.140. The van der Waals surface area contributed by atoms with Gasteiger partial charge in [-0.05, 0) is 61.6 Å². The van der Waals surface area contributed by atoms with Crippen LogP contribution in [0.25, 0.3) is 6.08 Å². The lowest BCUT2D eigenvalue weighted by atomic mass is 9.79. The van der Waals surface area contributed by atoms with E-state index in [-0.39, 0.29) is 31.0 Å². The van der Waals surface area contributed by atoms with E-state index in [1.54, 1.807) is 19.2 Å². The number of hydrogen-bond acceptors (Lipinski definition) is 7. The SMILES string of the molecule is CC1C(c2c(F)ccc(F)c2F)CC2NC(=O)c3cnc4c(c3)C[C@@]3(C4)C(=O)Nc4ncc(cc43)/C=C\COCCCOCCN1C2=O. The maximum Gasteiger partial charge on any atom is 0.253 e. The Hall–Kier alpha value is -4.62. The van der Waals surface area contributed by atoms with E-state index in [0.29, 0.717) is 56.2 Å². The highest BCUT2D eigenvalue weighted by Gasteiger charge is 2.52. The maximum absolute atomic E-state index is 15.1. The van der Waals surface area contributed by atoms with Crippen LogP contribution in [0.1, 0.15) is 64.0 Å². The number of pyridine rings is 2. The zero-order valence-electron chi connectivity index (χ0n) is 26.2. The molecule has 48 heavy (non-hydrogen) atoms. The summed E-state index contributed by atoms with van der Waals surface area (Å²) in [5.41, 5.74) is 1.70. The van der Waals surface area contributed by atoms with Crippen molar-refractivity contribution in [1.29, 1.82) is 0 Å². The molecule has 10 nitrogen and oxygen atoms in total. The van der Waals surface area contributed by atoms with Gasteiger partial charge in [0.05, 0.1) is 24.2 Å². The molecule has 0 saturated carbocycles. The van der Waals surface area contributed by atoms with Crippen LogP contribution in [0, 0.1) is 17.5 Å². The molecule has 4 atom stereocenters. The van der Waals surface area contributed by atoms with Crippen molar-refractivity contribution >= 4 is 29.6 Å². The first kappa shape index (κ1) is 32.0. The molecule has 0 radical (unpaired) electrons. The molecule has 3 unspecified atom stereocenters. The molecule has 3 aromatic rings. The summed E-state index contributed by atoms with van der Waals surface area (Å²) >= 11 is 0. The van der Waals surface area contributed by atoms with Crippen LogP contribution in [0.5, 0.6) is 0 Å². The molecule has 250 valence electrons. The smallest absolute Gasteiger partial charge is 0.253 e. The number of anilines is 1. The predicted molar refractivity (Wildman–Crippen MR) is 168 cm³/mol. The van der Waals surface area contributed by atoms with Gasteiger partial charge in [-0.25, -0.2) is 18.2 Å². The van der Waals surface area contributed by atoms with Gasteiger partial charge in [-0.2, -0.15) is 0 Å². The Kier molecular flexibility index (Phi) is 8.50. The van der Waals surface area contributed by atoms with Gasteiger partial charge < -0.3 is 25.0 Å². The van der Waals surface area contributed by atoms with Gasteiger partial charge in [0.15, 0.2) is 11.6 Å². The zero-order chi connectivity index (χ0) is 33.6. The van der Waals surface area contributed by atoms with E-state index in [4.69, 9.17) is 9.47 Å². The van der Waals surface area contributed by atoms with E-state index in [1.807, 2.05) is 18.2 Å². The van der Waals surface area contributed by atoms with Crippen molar-refractivity contribution in [2.75, 3.05) is 38.3 Å². The number of hydrogen-bond donors (Lipinski definition) is 2. The lowest BCUT2D eigenvalue weighted by Gasteiger charge is -2.43. The molecule has 1 spiro atoms. The van der Waals surface area contributed by atoms with E-state index in [0.717, 1.165) is 23.3 Å². The van der Waals surface area contributed by atoms with Crippen molar-refractivity contribution in [3.8, 4) is 0 Å². The Morgan fingerprint density at radius 3 is 2.65 bits per heavy atom. The summed E-state index contributed by atoms with van der Waals surface area (Å²) in [5.74, 6) is -5.19. The Labute approximate surface area is 274 Å². The minimum Gasteiger partial charge on any atom is -0.380 e. The maximum atomic E-state index is 15.1. The molecule has 5 heterocycles. The van der Waals surface area contributed by atoms with Crippen LogP contribution in [0.4, 0.5) is 19.0 Å². The number of carbonyl (C=O) groups is 3. The topological polar surface area (TPSA) is 123 Å². The molecular formula is C35H34F3N5O5. The summed E-state index contributed by atoms with van der Waals surface area (Å²) in [6.07, 6.45) is 7.88. The first-order valence-electron chi connectivity index (χ1n) is 16.0. The minimum atomic E-state index is -1.32. The molecule has 3 aliphatic heterocycles. The van der Waals surface area contributed by atoms with Crippen molar-refractivity contribution in [3.63, 3.8) is 0 Å². The number of halogens is 3. The highest BCUT2D eigenvalue weighted by Crippen LogP contribution is 2.46. The number of nitrogens with zero attached hydrogens (tertiary/aromatic N) is 3. The molecule has 2 aromatic heterocycles. The molecule has 1 aliphatic carbocycles. The fourth-order valence-electron chi connectivity index (χ4n) is 7.34. The summed E-state index contributed by atoms with van der Waals surface area (Å²) < 4.78 is 55.9. The van der Waals surface area contributed by atoms with E-state index in [1.165, 1.54) is 11.1 Å². The number of benzene rings is 1. The van der Waals surface area contributed by atoms with E-state index in [9.17, 15) is 18.8 Å². The summed E-state index contributed by atoms with van der Waals surface area (Å²) in [6.45, 7) is 2.99. The second-order valence-corrected chi connectivity index (χ2v) is 12.7. The van der Waals surface area contributed by atoms with Gasteiger partial charge >= 0.3 is 0 Å². The number of ether oxygens (including phenoxy) is 2. The molecular weight excluding hydrogens is 627 g/mol. The molecule has 7 rings (SSSR count). The van der Waals surface area contributed by atoms with E-state index < -0.39 is 58.2 Å². The summed E-state index contributed by atoms with van der Waals surface area (Å²) in [6, 6.07) is 3.28. The van der Waals surface area contributed by atoms with Crippen molar-refractivity contribution in [3.05, 3.63) is 93.7 Å². The quantitative estimate of drug-likeness (QED) is 0.380. The summed E-state index contributed by atoms with van der Waals surface area (Å²) in [7, 11) is 0. The van der Waals surface area contributed by atoms with E-state index in [2.05, 4.69) is 20.6 Å². The van der Waals surface area contributed by atoms with Crippen molar-refractivity contribution in [2.45, 2.75) is 56.0 Å². The van der Waals surface area contributed by atoms with Crippen LogP contribution >= 0.6 is 0 Å². The van der Waals surface area contributed by atoms with Gasteiger partial charge in [0.25, 0.3) is 5.91 Å². The third kappa shape index (κ3) is 5.64. The molecule has 2 N–H and O–H groups in total. The number of piperidine rings is 1. The fraction of sp³-hybridized carbons (Fsp3) is 0.400. The average molecular weight is 662 g/mol. The largest absolute Gasteiger partial charge is 0.380 e. The fourth-order valence-corrected chi connectivity index (χ4v) is 7.34. The Balaban J connectivity index is 1.21. The van der Waals surface area contributed by atoms with Gasteiger partial charge in [-0.1, -0.05) is 12.2 Å². The molecule has 1 fully saturated rings. The Morgan fingerprint density at radius 2 is 1.79 bits per heavy atom. The number of aromatic nitrogens is 2. The number of rotatable bonds is 1. The van der Waals surface area contributed by atoms with Crippen LogP contribution in [0.2, 0.25) is 0 Å². The predicted octanol–water partition coefficient (Wildman–Crippen LogP) is 3.84. The van der Waals surface area contributed by atoms with Crippen molar-refractivity contribution in [1.82, 2.24) is 20.2 Å². The number of nitrogens with one attached hydrogen (secondary N) is 2. The average Bonchev–Trinajstić information content (AvgIpc) is 3.59. The first-order valence-corrected chi connectivity index (χ1v) is 16.0. The number of fused-ring (bicyclic) bond motifs is 4. The van der Waals surface area contributed by atoms with Gasteiger partial charge in [0.1, 0.15) is 17.7 Å². The minimum absolute atomic E-state index is 0.0874. The van der Waals surface area contributed by atoms with Crippen LogP contribution in [0.3, 0.4) is 0 Å². The number of amides is 3. The van der Waals surface area contributed by atoms with Crippen LogP contribution in [0.15, 0.2) is 42.7 Å².